The molecule has 0 spiro atoms. The number of carbonyl (C=O) groups is 2. The van der Waals surface area contributed by atoms with Crippen molar-refractivity contribution in [3.8, 4) is 11.6 Å². The van der Waals surface area contributed by atoms with Crippen molar-refractivity contribution < 1.29 is 18.7 Å². The van der Waals surface area contributed by atoms with Gasteiger partial charge in [-0.15, -0.1) is 5.10 Å². The number of nitrogens with zero attached hydrogens (tertiary/aromatic N) is 3. The fraction of sp³-hybridized carbons (Fsp3) is 0.214. The van der Waals surface area contributed by atoms with Gasteiger partial charge in [-0.2, -0.15) is 0 Å². The molecule has 8 nitrogen and oxygen atoms in total. The zero-order chi connectivity index (χ0) is 25.9. The fourth-order valence-corrected chi connectivity index (χ4v) is 4.47. The summed E-state index contributed by atoms with van der Waals surface area (Å²) in [4.78, 5) is 41.4. The van der Waals surface area contributed by atoms with Crippen molar-refractivity contribution in [3.05, 3.63) is 100 Å². The Bertz CT molecular complexity index is 1510. The molecular weight excluding hydrogens is 475 g/mol. The molecule has 1 fully saturated rings. The number of fused-ring (bicyclic) bond motifs is 1. The second-order valence-electron chi connectivity index (χ2n) is 8.90. The normalized spacial score (nSPS) is 14.4. The van der Waals surface area contributed by atoms with E-state index in [1.165, 1.54) is 17.0 Å². The van der Waals surface area contributed by atoms with Crippen LogP contribution in [0.1, 0.15) is 28.8 Å². The molecule has 37 heavy (non-hydrogen) atoms. The lowest BCUT2D eigenvalue weighted by Crippen LogP contribution is -2.51. The highest BCUT2D eigenvalue weighted by atomic mass is 19.1. The molecule has 0 aliphatic carbocycles. The molecule has 1 aliphatic rings. The van der Waals surface area contributed by atoms with Crippen molar-refractivity contribution in [2.24, 2.45) is 0 Å². The minimum Gasteiger partial charge on any atom is -0.437 e. The quantitative estimate of drug-likeness (QED) is 0.448. The molecule has 0 saturated carbocycles. The Balaban J connectivity index is 1.28. The number of H-pyrrole nitrogens is 1. The van der Waals surface area contributed by atoms with Crippen LogP contribution in [0, 0.1) is 5.82 Å². The number of rotatable bonds is 5. The Labute approximate surface area is 212 Å². The number of amides is 2. The van der Waals surface area contributed by atoms with Crippen molar-refractivity contribution in [2.75, 3.05) is 26.2 Å². The van der Waals surface area contributed by atoms with E-state index in [1.54, 1.807) is 29.2 Å². The molecule has 2 heterocycles. The molecule has 0 radical (unpaired) electrons. The van der Waals surface area contributed by atoms with Gasteiger partial charge >= 0.3 is 0 Å². The largest absolute Gasteiger partial charge is 0.437 e. The number of halogens is 1. The number of ether oxygens (including phenoxy) is 1. The summed E-state index contributed by atoms with van der Waals surface area (Å²) in [7, 11) is 0. The topological polar surface area (TPSA) is 95.6 Å². The van der Waals surface area contributed by atoms with E-state index in [0.717, 1.165) is 11.6 Å². The highest BCUT2D eigenvalue weighted by molar-refractivity contribution is 5.95. The monoisotopic (exact) mass is 500 g/mol. The summed E-state index contributed by atoms with van der Waals surface area (Å²) in [5, 5.41) is 7.24. The van der Waals surface area contributed by atoms with Crippen LogP contribution in [0.5, 0.6) is 11.6 Å². The number of aromatic nitrogens is 2. The molecule has 1 saturated heterocycles. The van der Waals surface area contributed by atoms with Crippen LogP contribution in [0.4, 0.5) is 4.39 Å². The third kappa shape index (κ3) is 4.93. The van der Waals surface area contributed by atoms with Gasteiger partial charge < -0.3 is 14.5 Å². The van der Waals surface area contributed by atoms with Crippen LogP contribution in [0.3, 0.4) is 0 Å². The molecule has 9 heteroatoms. The molecule has 188 valence electrons. The Morgan fingerprint density at radius 3 is 2.30 bits per heavy atom. The molecule has 1 aliphatic heterocycles. The van der Waals surface area contributed by atoms with Crippen LogP contribution < -0.4 is 10.3 Å². The molecular formula is C28H25FN4O4. The maximum atomic E-state index is 14.7. The predicted molar refractivity (Wildman–Crippen MR) is 136 cm³/mol. The van der Waals surface area contributed by atoms with Gasteiger partial charge in [-0.25, -0.2) is 9.49 Å². The van der Waals surface area contributed by atoms with Gasteiger partial charge in [-0.1, -0.05) is 42.5 Å². The van der Waals surface area contributed by atoms with E-state index >= 15 is 0 Å². The maximum absolute atomic E-state index is 14.7. The van der Waals surface area contributed by atoms with Crippen LogP contribution in [-0.4, -0.2) is 58.0 Å². The van der Waals surface area contributed by atoms with E-state index < -0.39 is 11.7 Å². The number of aromatic amines is 1. The Morgan fingerprint density at radius 1 is 0.919 bits per heavy atom. The number of carbonyl (C=O) groups excluding carboxylic acids is 2. The van der Waals surface area contributed by atoms with Crippen LogP contribution >= 0.6 is 0 Å². The minimum absolute atomic E-state index is 0.000469. The fourth-order valence-electron chi connectivity index (χ4n) is 4.47. The first-order chi connectivity index (χ1) is 17.9. The number of benzene rings is 3. The maximum Gasteiger partial charge on any atom is 0.272 e. The van der Waals surface area contributed by atoms with Crippen molar-refractivity contribution in [1.82, 2.24) is 20.0 Å². The lowest BCUT2D eigenvalue weighted by molar-refractivity contribution is -0.133. The van der Waals surface area contributed by atoms with Crippen LogP contribution in [0.25, 0.3) is 10.8 Å². The van der Waals surface area contributed by atoms with Crippen molar-refractivity contribution in [1.29, 1.82) is 0 Å². The lowest BCUT2D eigenvalue weighted by atomic mass is 9.99. The summed E-state index contributed by atoms with van der Waals surface area (Å²) >= 11 is 0. The molecule has 1 unspecified atom stereocenters. The predicted octanol–water partition coefficient (Wildman–Crippen LogP) is 3.94. The first kappa shape index (κ1) is 24.2. The Kier molecular flexibility index (Phi) is 6.68. The molecule has 1 N–H and O–H groups in total. The third-order valence-corrected chi connectivity index (χ3v) is 6.59. The number of hydrogen-bond donors (Lipinski definition) is 1. The van der Waals surface area contributed by atoms with E-state index in [9.17, 15) is 18.8 Å². The second kappa shape index (κ2) is 10.2. The number of piperazine rings is 1. The summed E-state index contributed by atoms with van der Waals surface area (Å²) in [6, 6.07) is 20.3. The highest BCUT2D eigenvalue weighted by Gasteiger charge is 2.29. The van der Waals surface area contributed by atoms with E-state index in [1.807, 2.05) is 37.3 Å². The van der Waals surface area contributed by atoms with E-state index in [2.05, 4.69) is 10.2 Å². The third-order valence-electron chi connectivity index (χ3n) is 6.59. The Hall–Kier alpha value is -4.53. The molecule has 1 atom stereocenters. The van der Waals surface area contributed by atoms with E-state index in [-0.39, 0.29) is 34.6 Å². The summed E-state index contributed by atoms with van der Waals surface area (Å²) in [5.74, 6) is -1.09. The average Bonchev–Trinajstić information content (AvgIpc) is 2.95. The molecule has 0 bridgehead atoms. The number of hydrogen-bond acceptors (Lipinski definition) is 5. The van der Waals surface area contributed by atoms with Crippen molar-refractivity contribution in [2.45, 2.75) is 12.8 Å². The van der Waals surface area contributed by atoms with Gasteiger partial charge in [0.1, 0.15) is 11.6 Å². The van der Waals surface area contributed by atoms with Crippen LogP contribution in [0.15, 0.2) is 77.6 Å². The van der Waals surface area contributed by atoms with Gasteiger partial charge in [0.05, 0.1) is 22.3 Å². The smallest absolute Gasteiger partial charge is 0.272 e. The van der Waals surface area contributed by atoms with Gasteiger partial charge in [0, 0.05) is 26.2 Å². The molecule has 1 aromatic heterocycles. The Morgan fingerprint density at radius 2 is 1.57 bits per heavy atom. The lowest BCUT2D eigenvalue weighted by Gasteiger charge is -2.36. The minimum atomic E-state index is -0.673. The van der Waals surface area contributed by atoms with E-state index in [0.29, 0.717) is 37.0 Å². The SMILES string of the molecule is CC(C(=O)N1CCN(C(=O)c2cc(Oc3n[nH]c(=O)c4ccccc34)ccc2F)CC1)c1ccccc1. The highest BCUT2D eigenvalue weighted by Crippen LogP contribution is 2.28. The summed E-state index contributed by atoms with van der Waals surface area (Å²) in [5.41, 5.74) is 0.451. The molecule has 5 rings (SSSR count). The molecule has 3 aromatic carbocycles. The van der Waals surface area contributed by atoms with Crippen molar-refractivity contribution in [3.63, 3.8) is 0 Å². The van der Waals surface area contributed by atoms with Gasteiger partial charge in [0.15, 0.2) is 0 Å². The number of nitrogens with one attached hydrogen (secondary N) is 1. The summed E-state index contributed by atoms with van der Waals surface area (Å²) in [6.45, 7) is 3.20. The van der Waals surface area contributed by atoms with Crippen LogP contribution in [0.2, 0.25) is 0 Å². The van der Waals surface area contributed by atoms with Gasteiger partial charge in [0.2, 0.25) is 11.8 Å². The molecule has 2 amide bonds. The van der Waals surface area contributed by atoms with Gasteiger partial charge in [-0.3, -0.25) is 14.4 Å². The average molecular weight is 501 g/mol. The summed E-state index contributed by atoms with van der Waals surface area (Å²) < 4.78 is 20.5. The van der Waals surface area contributed by atoms with Gasteiger partial charge in [-0.05, 0) is 42.8 Å². The first-order valence-electron chi connectivity index (χ1n) is 12.0. The van der Waals surface area contributed by atoms with E-state index in [4.69, 9.17) is 4.74 Å². The first-order valence-corrected chi connectivity index (χ1v) is 12.0. The van der Waals surface area contributed by atoms with Crippen molar-refractivity contribution >= 4 is 22.6 Å². The zero-order valence-corrected chi connectivity index (χ0v) is 20.2. The zero-order valence-electron chi connectivity index (χ0n) is 20.2. The van der Waals surface area contributed by atoms with Gasteiger partial charge in [0.25, 0.3) is 11.5 Å². The van der Waals surface area contributed by atoms with Crippen LogP contribution in [-0.2, 0) is 4.79 Å². The second-order valence-corrected chi connectivity index (χ2v) is 8.90. The summed E-state index contributed by atoms with van der Waals surface area (Å²) in [6.07, 6.45) is 0. The molecule has 4 aromatic rings. The standard InChI is InChI=1S/C28H25FN4O4/c1-18(19-7-3-2-4-8-19)27(35)32-13-15-33(16-14-32)28(36)23-17-20(11-12-24(23)29)37-26-22-10-6-5-9-21(22)25(34)30-31-26/h2-12,17-18H,13-16H2,1H3,(H,30,34).